The smallest absolute Gasteiger partial charge is 0.273 e. The van der Waals surface area contributed by atoms with Crippen molar-refractivity contribution in [3.05, 3.63) is 17.9 Å². The van der Waals surface area contributed by atoms with Gasteiger partial charge in [0.2, 0.25) is 5.09 Å². The second-order valence-corrected chi connectivity index (χ2v) is 5.06. The number of furan rings is 1. The molecule has 1 aromatic rings. The summed E-state index contributed by atoms with van der Waals surface area (Å²) in [5.41, 5.74) is 0. The van der Waals surface area contributed by atoms with Crippen LogP contribution in [0.2, 0.25) is 0 Å². The first-order valence-corrected chi connectivity index (χ1v) is 6.82. The molecule has 8 heteroatoms. The monoisotopic (exact) mass is 277 g/mol. The van der Waals surface area contributed by atoms with Crippen LogP contribution in [-0.4, -0.2) is 46.2 Å². The lowest BCUT2D eigenvalue weighted by Crippen LogP contribution is -2.25. The summed E-state index contributed by atoms with van der Waals surface area (Å²) in [6.45, 7) is 0.700. The van der Waals surface area contributed by atoms with E-state index in [-0.39, 0.29) is 30.6 Å². The molecule has 0 radical (unpaired) electrons. The number of sulfonamides is 1. The van der Waals surface area contributed by atoms with Crippen molar-refractivity contribution >= 4 is 16.3 Å². The summed E-state index contributed by atoms with van der Waals surface area (Å²) in [6.07, 6.45) is 0.905. The first-order chi connectivity index (χ1) is 8.60. The summed E-state index contributed by atoms with van der Waals surface area (Å²) < 4.78 is 35.4. The van der Waals surface area contributed by atoms with Gasteiger partial charge in [-0.3, -0.25) is 4.79 Å². The van der Waals surface area contributed by atoms with Gasteiger partial charge in [-0.2, -0.15) is 0 Å². The van der Waals surface area contributed by atoms with Gasteiger partial charge in [-0.25, -0.2) is 13.1 Å². The fourth-order valence-electron chi connectivity index (χ4n) is 1.16. The van der Waals surface area contributed by atoms with Crippen molar-refractivity contribution in [2.75, 3.05) is 26.4 Å². The Morgan fingerprint density at radius 1 is 1.39 bits per heavy atom. The molecule has 7 nitrogen and oxygen atoms in total. The maximum Gasteiger partial charge on any atom is 0.273 e. The van der Waals surface area contributed by atoms with Gasteiger partial charge in [-0.15, -0.1) is 0 Å². The van der Waals surface area contributed by atoms with E-state index < -0.39 is 10.0 Å². The topological polar surface area (TPSA) is 106 Å². The molecule has 0 amide bonds. The number of aliphatic hydroxyl groups is 1. The van der Waals surface area contributed by atoms with E-state index >= 15 is 0 Å². The van der Waals surface area contributed by atoms with Crippen LogP contribution in [0.4, 0.5) is 0 Å². The molecule has 0 aromatic carbocycles. The average Bonchev–Trinajstić information content (AvgIpc) is 2.83. The number of aliphatic hydroxyl groups excluding tert-OH is 1. The minimum absolute atomic E-state index is 0.0401. The Morgan fingerprint density at radius 2 is 2.17 bits per heavy atom. The molecule has 2 N–H and O–H groups in total. The Labute approximate surface area is 105 Å². The summed E-state index contributed by atoms with van der Waals surface area (Å²) in [4.78, 5) is 10.4. The first kappa shape index (κ1) is 14.8. The SMILES string of the molecule is O=Cc1ccc(S(=O)(=O)NCCCOCCO)o1. The van der Waals surface area contributed by atoms with Gasteiger partial charge < -0.3 is 14.3 Å². The predicted molar refractivity (Wildman–Crippen MR) is 61.8 cm³/mol. The molecule has 1 rings (SSSR count). The number of rotatable bonds is 9. The molecule has 0 fully saturated rings. The van der Waals surface area contributed by atoms with E-state index in [9.17, 15) is 13.2 Å². The summed E-state index contributed by atoms with van der Waals surface area (Å²) in [7, 11) is -3.72. The van der Waals surface area contributed by atoms with Crippen LogP contribution >= 0.6 is 0 Å². The Morgan fingerprint density at radius 3 is 2.78 bits per heavy atom. The fourth-order valence-corrected chi connectivity index (χ4v) is 2.17. The number of nitrogens with one attached hydrogen (secondary N) is 1. The fraction of sp³-hybridized carbons (Fsp3) is 0.500. The van der Waals surface area contributed by atoms with Gasteiger partial charge in [0.25, 0.3) is 10.0 Å². The number of carbonyl (C=O) groups excluding carboxylic acids is 1. The molecule has 0 saturated heterocycles. The number of hydrogen-bond acceptors (Lipinski definition) is 6. The van der Waals surface area contributed by atoms with Crippen molar-refractivity contribution in [2.24, 2.45) is 0 Å². The molecule has 0 aliphatic rings. The van der Waals surface area contributed by atoms with Crippen molar-refractivity contribution in [1.82, 2.24) is 4.72 Å². The Bertz CT molecular complexity index is 466. The third kappa shape index (κ3) is 4.57. The zero-order valence-corrected chi connectivity index (χ0v) is 10.5. The molecule has 102 valence electrons. The van der Waals surface area contributed by atoms with E-state index in [1.807, 2.05) is 0 Å². The number of aldehydes is 1. The van der Waals surface area contributed by atoms with Crippen LogP contribution in [0.25, 0.3) is 0 Å². The number of carbonyl (C=O) groups is 1. The van der Waals surface area contributed by atoms with Gasteiger partial charge in [0.1, 0.15) is 0 Å². The molecule has 1 heterocycles. The van der Waals surface area contributed by atoms with Crippen LogP contribution < -0.4 is 4.72 Å². The van der Waals surface area contributed by atoms with Crippen LogP contribution in [0, 0.1) is 0 Å². The van der Waals surface area contributed by atoms with E-state index in [4.69, 9.17) is 14.3 Å². The van der Waals surface area contributed by atoms with Crippen LogP contribution in [-0.2, 0) is 14.8 Å². The van der Waals surface area contributed by atoms with E-state index in [2.05, 4.69) is 4.72 Å². The highest BCUT2D eigenvalue weighted by Crippen LogP contribution is 2.11. The molecule has 0 bridgehead atoms. The molecule has 0 spiro atoms. The van der Waals surface area contributed by atoms with Gasteiger partial charge in [0.15, 0.2) is 12.0 Å². The Kier molecular flexibility index (Phi) is 5.99. The quantitative estimate of drug-likeness (QED) is 0.477. The van der Waals surface area contributed by atoms with Gasteiger partial charge in [-0.05, 0) is 18.6 Å². The number of ether oxygens (including phenoxy) is 1. The lowest BCUT2D eigenvalue weighted by molar-refractivity contribution is 0.0913. The van der Waals surface area contributed by atoms with Gasteiger partial charge in [0.05, 0.1) is 13.2 Å². The minimum atomic E-state index is -3.72. The maximum atomic E-state index is 11.6. The molecular formula is C10H15NO6S. The maximum absolute atomic E-state index is 11.6. The van der Waals surface area contributed by atoms with Crippen molar-refractivity contribution in [1.29, 1.82) is 0 Å². The first-order valence-electron chi connectivity index (χ1n) is 5.33. The second-order valence-electron chi connectivity index (χ2n) is 3.36. The predicted octanol–water partition coefficient (Wildman–Crippen LogP) is -0.231. The molecule has 18 heavy (non-hydrogen) atoms. The van der Waals surface area contributed by atoms with Gasteiger partial charge in [-0.1, -0.05) is 0 Å². The van der Waals surface area contributed by atoms with Crippen LogP contribution in [0.15, 0.2) is 21.6 Å². The molecule has 0 aliphatic carbocycles. The molecule has 0 aliphatic heterocycles. The zero-order chi connectivity index (χ0) is 13.4. The van der Waals surface area contributed by atoms with Crippen molar-refractivity contribution in [2.45, 2.75) is 11.5 Å². The molecule has 0 unspecified atom stereocenters. The van der Waals surface area contributed by atoms with Crippen LogP contribution in [0.5, 0.6) is 0 Å². The summed E-state index contributed by atoms with van der Waals surface area (Å²) in [5, 5.41) is 8.16. The summed E-state index contributed by atoms with van der Waals surface area (Å²) >= 11 is 0. The van der Waals surface area contributed by atoms with E-state index in [0.717, 1.165) is 0 Å². The van der Waals surface area contributed by atoms with Gasteiger partial charge in [0, 0.05) is 13.2 Å². The van der Waals surface area contributed by atoms with Crippen molar-refractivity contribution < 1.29 is 27.5 Å². The van der Waals surface area contributed by atoms with Gasteiger partial charge >= 0.3 is 0 Å². The third-order valence-corrected chi connectivity index (χ3v) is 3.31. The van der Waals surface area contributed by atoms with E-state index in [1.54, 1.807) is 0 Å². The molecule has 1 aromatic heterocycles. The molecule has 0 saturated carbocycles. The van der Waals surface area contributed by atoms with Crippen LogP contribution in [0.1, 0.15) is 17.0 Å². The second kappa shape index (κ2) is 7.27. The normalized spacial score (nSPS) is 11.6. The lowest BCUT2D eigenvalue weighted by atomic mass is 10.5. The average molecular weight is 277 g/mol. The van der Waals surface area contributed by atoms with E-state index in [0.29, 0.717) is 19.3 Å². The summed E-state index contributed by atoms with van der Waals surface area (Å²) in [5.74, 6) is -0.0401. The highest BCUT2D eigenvalue weighted by molar-refractivity contribution is 7.89. The standard InChI is InChI=1S/C10H15NO6S/c12-5-7-16-6-1-4-11-18(14,15)10-3-2-9(8-13)17-10/h2-3,8,11-12H,1,4-7H2. The van der Waals surface area contributed by atoms with Crippen LogP contribution in [0.3, 0.4) is 0 Å². The van der Waals surface area contributed by atoms with Crippen molar-refractivity contribution in [3.63, 3.8) is 0 Å². The largest absolute Gasteiger partial charge is 0.440 e. The minimum Gasteiger partial charge on any atom is -0.440 e. The zero-order valence-electron chi connectivity index (χ0n) is 9.66. The summed E-state index contributed by atoms with van der Waals surface area (Å²) in [6, 6.07) is 2.50. The highest BCUT2D eigenvalue weighted by atomic mass is 32.2. The highest BCUT2D eigenvalue weighted by Gasteiger charge is 2.17. The third-order valence-electron chi connectivity index (χ3n) is 1.98. The Balaban J connectivity index is 2.38. The molecular weight excluding hydrogens is 262 g/mol. The molecule has 0 atom stereocenters. The van der Waals surface area contributed by atoms with E-state index in [1.165, 1.54) is 12.1 Å². The number of hydrogen-bond donors (Lipinski definition) is 2. The lowest BCUT2D eigenvalue weighted by Gasteiger charge is -2.04. The Hall–Kier alpha value is -1.22. The van der Waals surface area contributed by atoms with Crippen molar-refractivity contribution in [3.8, 4) is 0 Å².